The van der Waals surface area contributed by atoms with Gasteiger partial charge in [-0.05, 0) is 37.5 Å². The number of amides is 1. The number of nitrogens with one attached hydrogen (secondary N) is 1. The maximum Gasteiger partial charge on any atom is 0.251 e. The molecule has 0 spiro atoms. The summed E-state index contributed by atoms with van der Waals surface area (Å²) in [5.41, 5.74) is 1.79. The number of aldehydes is 1. The third-order valence-corrected chi connectivity index (χ3v) is 2.31. The average Bonchev–Trinajstić information content (AvgIpc) is 2.30. The lowest BCUT2D eigenvalue weighted by Gasteiger charge is -2.04. The summed E-state index contributed by atoms with van der Waals surface area (Å²) in [4.78, 5) is 21.8. The molecule has 0 heterocycles. The van der Waals surface area contributed by atoms with Crippen LogP contribution in [0.2, 0.25) is 0 Å². The van der Waals surface area contributed by atoms with Crippen LogP contribution < -0.4 is 5.32 Å². The van der Waals surface area contributed by atoms with Gasteiger partial charge in [-0.3, -0.25) is 4.79 Å². The molecule has 1 rings (SSSR count). The molecule has 0 saturated carbocycles. The van der Waals surface area contributed by atoms with Gasteiger partial charge < -0.3 is 10.1 Å². The molecule has 16 heavy (non-hydrogen) atoms. The van der Waals surface area contributed by atoms with Crippen LogP contribution in [-0.2, 0) is 11.2 Å². The fraction of sp³-hybridized carbons (Fsp3) is 0.385. The standard InChI is InChI=1S/C13H17NO2/c1-2-14-13(16)12-8-5-7-11(10-12)6-3-4-9-15/h5,7-10H,2-4,6H2,1H3,(H,14,16). The van der Waals surface area contributed by atoms with E-state index in [1.54, 1.807) is 6.07 Å². The molecule has 0 bridgehead atoms. The predicted molar refractivity (Wildman–Crippen MR) is 63.5 cm³/mol. The SMILES string of the molecule is CCNC(=O)c1cccc(CCCC=O)c1. The van der Waals surface area contributed by atoms with Crippen LogP contribution in [0.3, 0.4) is 0 Å². The fourth-order valence-corrected chi connectivity index (χ4v) is 1.52. The van der Waals surface area contributed by atoms with Gasteiger partial charge in [0, 0.05) is 18.5 Å². The molecule has 86 valence electrons. The third-order valence-electron chi connectivity index (χ3n) is 2.31. The first kappa shape index (κ1) is 12.4. The van der Waals surface area contributed by atoms with Gasteiger partial charge in [-0.2, -0.15) is 0 Å². The Morgan fingerprint density at radius 2 is 2.25 bits per heavy atom. The molecule has 0 aliphatic carbocycles. The minimum absolute atomic E-state index is 0.0419. The highest BCUT2D eigenvalue weighted by Gasteiger charge is 2.04. The predicted octanol–water partition coefficient (Wildman–Crippen LogP) is 1.96. The summed E-state index contributed by atoms with van der Waals surface area (Å²) in [7, 11) is 0. The molecule has 0 aliphatic rings. The van der Waals surface area contributed by atoms with Crippen LogP contribution in [0.1, 0.15) is 35.7 Å². The molecule has 0 atom stereocenters. The van der Waals surface area contributed by atoms with Crippen LogP contribution in [0.15, 0.2) is 24.3 Å². The molecule has 0 radical (unpaired) electrons. The van der Waals surface area contributed by atoms with Crippen molar-refractivity contribution in [2.45, 2.75) is 26.2 Å². The molecule has 3 heteroatoms. The Morgan fingerprint density at radius 1 is 1.44 bits per heavy atom. The van der Waals surface area contributed by atoms with Crippen LogP contribution in [-0.4, -0.2) is 18.7 Å². The summed E-state index contributed by atoms with van der Waals surface area (Å²) in [6.45, 7) is 2.53. The van der Waals surface area contributed by atoms with Gasteiger partial charge in [-0.1, -0.05) is 12.1 Å². The van der Waals surface area contributed by atoms with Crippen molar-refractivity contribution in [3.63, 3.8) is 0 Å². The molecule has 3 nitrogen and oxygen atoms in total. The third kappa shape index (κ3) is 3.85. The van der Waals surface area contributed by atoms with Crippen LogP contribution in [0.4, 0.5) is 0 Å². The van der Waals surface area contributed by atoms with Gasteiger partial charge in [0.05, 0.1) is 0 Å². The van der Waals surface area contributed by atoms with E-state index in [1.807, 2.05) is 25.1 Å². The van der Waals surface area contributed by atoms with Gasteiger partial charge in [0.25, 0.3) is 5.91 Å². The van der Waals surface area contributed by atoms with Crippen molar-refractivity contribution < 1.29 is 9.59 Å². The summed E-state index contributed by atoms with van der Waals surface area (Å²) >= 11 is 0. The maximum atomic E-state index is 11.6. The molecule has 0 saturated heterocycles. The lowest BCUT2D eigenvalue weighted by molar-refractivity contribution is -0.107. The highest BCUT2D eigenvalue weighted by atomic mass is 16.1. The monoisotopic (exact) mass is 219 g/mol. The lowest BCUT2D eigenvalue weighted by Crippen LogP contribution is -2.22. The van der Waals surface area contributed by atoms with E-state index < -0.39 is 0 Å². The molecule has 1 aromatic rings. The summed E-state index contributed by atoms with van der Waals surface area (Å²) in [6, 6.07) is 7.54. The Balaban J connectivity index is 2.63. The van der Waals surface area contributed by atoms with E-state index in [4.69, 9.17) is 0 Å². The van der Waals surface area contributed by atoms with Gasteiger partial charge in [-0.15, -0.1) is 0 Å². The first-order valence-electron chi connectivity index (χ1n) is 5.58. The number of hydrogen-bond acceptors (Lipinski definition) is 2. The second-order valence-corrected chi connectivity index (χ2v) is 3.62. The fourth-order valence-electron chi connectivity index (χ4n) is 1.52. The Morgan fingerprint density at radius 3 is 2.94 bits per heavy atom. The quantitative estimate of drug-likeness (QED) is 0.587. The minimum Gasteiger partial charge on any atom is -0.352 e. The topological polar surface area (TPSA) is 46.2 Å². The highest BCUT2D eigenvalue weighted by molar-refractivity contribution is 5.94. The van der Waals surface area contributed by atoms with Gasteiger partial charge in [0.15, 0.2) is 0 Å². The molecule has 1 N–H and O–H groups in total. The van der Waals surface area contributed by atoms with Gasteiger partial charge >= 0.3 is 0 Å². The first-order chi connectivity index (χ1) is 7.77. The van der Waals surface area contributed by atoms with E-state index in [0.717, 1.165) is 24.7 Å². The lowest BCUT2D eigenvalue weighted by atomic mass is 10.1. The van der Waals surface area contributed by atoms with Crippen molar-refractivity contribution in [3.05, 3.63) is 35.4 Å². The summed E-state index contributed by atoms with van der Waals surface area (Å²) in [5.74, 6) is -0.0419. The maximum absolute atomic E-state index is 11.6. The van der Waals surface area contributed by atoms with E-state index in [2.05, 4.69) is 5.32 Å². The zero-order valence-electron chi connectivity index (χ0n) is 9.53. The average molecular weight is 219 g/mol. The Bertz CT molecular complexity index is 361. The second kappa shape index (κ2) is 6.77. The zero-order chi connectivity index (χ0) is 11.8. The minimum atomic E-state index is -0.0419. The molecular formula is C13H17NO2. The van der Waals surface area contributed by atoms with E-state index in [9.17, 15) is 9.59 Å². The van der Waals surface area contributed by atoms with Crippen LogP contribution >= 0.6 is 0 Å². The van der Waals surface area contributed by atoms with Gasteiger partial charge in [0.2, 0.25) is 0 Å². The van der Waals surface area contributed by atoms with Crippen LogP contribution in [0, 0.1) is 0 Å². The number of unbranched alkanes of at least 4 members (excludes halogenated alkanes) is 1. The number of benzene rings is 1. The van der Waals surface area contributed by atoms with E-state index >= 15 is 0 Å². The van der Waals surface area contributed by atoms with E-state index in [-0.39, 0.29) is 5.91 Å². The van der Waals surface area contributed by atoms with Gasteiger partial charge in [-0.25, -0.2) is 0 Å². The number of rotatable bonds is 6. The molecule has 0 fully saturated rings. The molecule has 1 amide bonds. The zero-order valence-corrected chi connectivity index (χ0v) is 9.53. The van der Waals surface area contributed by atoms with Crippen molar-refractivity contribution >= 4 is 12.2 Å². The van der Waals surface area contributed by atoms with Gasteiger partial charge in [0.1, 0.15) is 6.29 Å². The Hall–Kier alpha value is -1.64. The molecule has 1 aromatic carbocycles. The summed E-state index contributed by atoms with van der Waals surface area (Å²) < 4.78 is 0. The normalized spacial score (nSPS) is 9.81. The largest absolute Gasteiger partial charge is 0.352 e. The molecule has 0 aromatic heterocycles. The van der Waals surface area contributed by atoms with Crippen molar-refractivity contribution in [2.24, 2.45) is 0 Å². The number of hydrogen-bond donors (Lipinski definition) is 1. The molecular weight excluding hydrogens is 202 g/mol. The highest BCUT2D eigenvalue weighted by Crippen LogP contribution is 2.08. The summed E-state index contributed by atoms with van der Waals surface area (Å²) in [6.07, 6.45) is 3.17. The van der Waals surface area contributed by atoms with Crippen molar-refractivity contribution in [2.75, 3.05) is 6.54 Å². The Kier molecular flexibility index (Phi) is 5.26. The molecule has 0 aliphatic heterocycles. The second-order valence-electron chi connectivity index (χ2n) is 3.62. The van der Waals surface area contributed by atoms with Crippen LogP contribution in [0.5, 0.6) is 0 Å². The Labute approximate surface area is 95.9 Å². The van der Waals surface area contributed by atoms with Crippen LogP contribution in [0.25, 0.3) is 0 Å². The van der Waals surface area contributed by atoms with Crippen molar-refractivity contribution in [1.29, 1.82) is 0 Å². The molecule has 0 unspecified atom stereocenters. The number of carbonyl (C=O) groups is 2. The number of aryl methyl sites for hydroxylation is 1. The first-order valence-corrected chi connectivity index (χ1v) is 5.58. The van der Waals surface area contributed by atoms with Crippen molar-refractivity contribution in [3.8, 4) is 0 Å². The van der Waals surface area contributed by atoms with E-state index in [0.29, 0.717) is 18.5 Å². The van der Waals surface area contributed by atoms with Crippen molar-refractivity contribution in [1.82, 2.24) is 5.32 Å². The summed E-state index contributed by atoms with van der Waals surface area (Å²) in [5, 5.41) is 2.76. The number of carbonyl (C=O) groups excluding carboxylic acids is 2. The smallest absolute Gasteiger partial charge is 0.251 e. The van der Waals surface area contributed by atoms with E-state index in [1.165, 1.54) is 0 Å².